The minimum atomic E-state index is -7.38. The van der Waals surface area contributed by atoms with Gasteiger partial charge < -0.3 is 0 Å². The number of hydrogen-bond acceptors (Lipinski definition) is 0. The van der Waals surface area contributed by atoms with E-state index in [9.17, 15) is 52.7 Å². The zero-order chi connectivity index (χ0) is 15.2. The summed E-state index contributed by atoms with van der Waals surface area (Å²) in [6, 6.07) is 0. The molecule has 0 unspecified atom stereocenters. The summed E-state index contributed by atoms with van der Waals surface area (Å²) in [5.74, 6) is -4.64. The van der Waals surface area contributed by atoms with Gasteiger partial charge in [0.15, 0.2) is 5.83 Å². The van der Waals surface area contributed by atoms with Crippen LogP contribution in [-0.4, -0.2) is 18.5 Å². The molecule has 0 saturated heterocycles. The number of alkyl halides is 9. The summed E-state index contributed by atoms with van der Waals surface area (Å²) >= 11 is 0. The minimum Gasteiger partial charge on any atom is -0.204 e. The molecule has 0 rings (SSSR count). The fourth-order valence-corrected chi connectivity index (χ4v) is 0.997. The number of rotatable bonds is 1. The molecule has 0 aromatic rings. The van der Waals surface area contributed by atoms with E-state index in [1.54, 1.807) is 0 Å². The van der Waals surface area contributed by atoms with Crippen LogP contribution in [0.1, 0.15) is 0 Å². The Balaban J connectivity index is 6.58. The van der Waals surface area contributed by atoms with Gasteiger partial charge in [-0.05, 0) is 0 Å². The highest BCUT2D eigenvalue weighted by Crippen LogP contribution is 2.64. The number of hydrogen-bond donors (Lipinski definition) is 0. The Kier molecular flexibility index (Phi) is 3.97. The highest BCUT2D eigenvalue weighted by molar-refractivity contribution is 5.19. The minimum absolute atomic E-state index is 4.36. The van der Waals surface area contributed by atoms with Crippen LogP contribution in [0.3, 0.4) is 0 Å². The van der Waals surface area contributed by atoms with Crippen molar-refractivity contribution in [1.29, 1.82) is 0 Å². The van der Waals surface area contributed by atoms with Crippen LogP contribution in [0, 0.1) is 5.41 Å². The molecule has 0 aromatic carbocycles. The second-order valence-corrected chi connectivity index (χ2v) is 2.82. The fourth-order valence-electron chi connectivity index (χ4n) is 0.997. The van der Waals surface area contributed by atoms with Gasteiger partial charge in [0.25, 0.3) is 0 Å². The van der Waals surface area contributed by atoms with Crippen LogP contribution in [0.4, 0.5) is 52.7 Å². The zero-order valence-corrected chi connectivity index (χ0v) is 7.54. The highest BCUT2D eigenvalue weighted by Gasteiger charge is 2.87. The van der Waals surface area contributed by atoms with Crippen molar-refractivity contribution in [2.75, 3.05) is 0 Å². The highest BCUT2D eigenvalue weighted by atomic mass is 19.4. The van der Waals surface area contributed by atoms with E-state index in [4.69, 9.17) is 0 Å². The standard InChI is InChI=1S/C6F12/c7-1(2(8)9)3(4(10,11)12,5(13,14)15)6(16,17)18. The van der Waals surface area contributed by atoms with Crippen molar-refractivity contribution in [3.05, 3.63) is 11.9 Å². The Bertz CT molecular complexity index is 297. The third-order valence-corrected chi connectivity index (χ3v) is 1.77. The van der Waals surface area contributed by atoms with E-state index in [2.05, 4.69) is 0 Å². The van der Waals surface area contributed by atoms with Crippen LogP contribution in [0.15, 0.2) is 11.9 Å². The summed E-state index contributed by atoms with van der Waals surface area (Å²) in [6.07, 6.45) is -26.5. The van der Waals surface area contributed by atoms with Crippen LogP contribution in [0.2, 0.25) is 0 Å². The molecule has 0 N–H and O–H groups in total. The summed E-state index contributed by atoms with van der Waals surface area (Å²) < 4.78 is 143. The first kappa shape index (κ1) is 16.9. The van der Waals surface area contributed by atoms with Crippen molar-refractivity contribution >= 4 is 0 Å². The Morgan fingerprint density at radius 2 is 0.722 bits per heavy atom. The van der Waals surface area contributed by atoms with Crippen molar-refractivity contribution in [3.8, 4) is 0 Å². The molecule has 0 aliphatic carbocycles. The molecule has 0 amide bonds. The molecule has 0 atom stereocenters. The molecule has 0 bridgehead atoms. The topological polar surface area (TPSA) is 0 Å². The van der Waals surface area contributed by atoms with Crippen LogP contribution in [-0.2, 0) is 0 Å². The smallest absolute Gasteiger partial charge is 0.204 e. The molecule has 0 saturated carbocycles. The van der Waals surface area contributed by atoms with Crippen molar-refractivity contribution in [3.63, 3.8) is 0 Å². The molecule has 12 heteroatoms. The summed E-state index contributed by atoms with van der Waals surface area (Å²) in [6.45, 7) is 0. The molecular formula is C6F12. The van der Waals surface area contributed by atoms with Gasteiger partial charge in [0.05, 0.1) is 0 Å². The van der Waals surface area contributed by atoms with E-state index in [1.165, 1.54) is 0 Å². The molecule has 18 heavy (non-hydrogen) atoms. The van der Waals surface area contributed by atoms with Crippen LogP contribution in [0.5, 0.6) is 0 Å². The van der Waals surface area contributed by atoms with Crippen molar-refractivity contribution < 1.29 is 52.7 Å². The molecule has 0 aliphatic rings. The van der Waals surface area contributed by atoms with Crippen LogP contribution >= 0.6 is 0 Å². The quantitative estimate of drug-likeness (QED) is 0.614. The van der Waals surface area contributed by atoms with Crippen molar-refractivity contribution in [2.45, 2.75) is 18.5 Å². The number of allylic oxidation sites excluding steroid dienone is 1. The Morgan fingerprint density at radius 1 is 0.500 bits per heavy atom. The lowest BCUT2D eigenvalue weighted by Crippen LogP contribution is -2.60. The van der Waals surface area contributed by atoms with Gasteiger partial charge in [-0.3, -0.25) is 0 Å². The van der Waals surface area contributed by atoms with Gasteiger partial charge >= 0.3 is 30.0 Å². The van der Waals surface area contributed by atoms with E-state index in [-0.39, 0.29) is 0 Å². The lowest BCUT2D eigenvalue weighted by Gasteiger charge is -2.36. The molecule has 0 nitrogen and oxygen atoms in total. The van der Waals surface area contributed by atoms with Gasteiger partial charge in [-0.2, -0.15) is 48.3 Å². The molecule has 108 valence electrons. The van der Waals surface area contributed by atoms with Gasteiger partial charge in [-0.25, -0.2) is 4.39 Å². The number of halogens is 12. The molecule has 0 heterocycles. The second kappa shape index (κ2) is 4.23. The largest absolute Gasteiger partial charge is 0.418 e. The van der Waals surface area contributed by atoms with E-state index in [1.807, 2.05) is 0 Å². The maximum absolute atomic E-state index is 12.3. The molecule has 0 aliphatic heterocycles. The van der Waals surface area contributed by atoms with Gasteiger partial charge in [-0.1, -0.05) is 0 Å². The summed E-state index contributed by atoms with van der Waals surface area (Å²) in [5, 5.41) is 0. The zero-order valence-electron chi connectivity index (χ0n) is 7.54. The second-order valence-electron chi connectivity index (χ2n) is 2.82. The van der Waals surface area contributed by atoms with E-state index < -0.39 is 35.9 Å². The first-order chi connectivity index (χ1) is 7.60. The van der Waals surface area contributed by atoms with Crippen LogP contribution in [0.25, 0.3) is 0 Å². The summed E-state index contributed by atoms with van der Waals surface area (Å²) in [4.78, 5) is 0. The average molecular weight is 300 g/mol. The average Bonchev–Trinajstić information content (AvgIpc) is 1.94. The normalized spacial score (nSPS) is 14.7. The van der Waals surface area contributed by atoms with Gasteiger partial charge in [0, 0.05) is 0 Å². The Hall–Kier alpha value is -1.10. The Morgan fingerprint density at radius 3 is 0.778 bits per heavy atom. The van der Waals surface area contributed by atoms with Gasteiger partial charge in [-0.15, -0.1) is 0 Å². The lowest BCUT2D eigenvalue weighted by atomic mass is 9.84. The third kappa shape index (κ3) is 2.23. The van der Waals surface area contributed by atoms with E-state index in [0.29, 0.717) is 0 Å². The SMILES string of the molecule is FC(F)=C(F)C(C(F)(F)F)(C(F)(F)F)C(F)(F)F. The van der Waals surface area contributed by atoms with Gasteiger partial charge in [0.1, 0.15) is 0 Å². The maximum atomic E-state index is 12.3. The molecule has 0 aromatic heterocycles. The third-order valence-electron chi connectivity index (χ3n) is 1.77. The van der Waals surface area contributed by atoms with Crippen LogP contribution < -0.4 is 0 Å². The predicted octanol–water partition coefficient (Wildman–Crippen LogP) is 4.74. The molecule has 0 fully saturated rings. The first-order valence-corrected chi connectivity index (χ1v) is 3.52. The predicted molar refractivity (Wildman–Crippen MR) is 30.9 cm³/mol. The molecular weight excluding hydrogens is 300 g/mol. The van der Waals surface area contributed by atoms with E-state index in [0.717, 1.165) is 0 Å². The summed E-state index contributed by atoms with van der Waals surface area (Å²) in [7, 11) is 0. The van der Waals surface area contributed by atoms with Gasteiger partial charge in [0.2, 0.25) is 0 Å². The monoisotopic (exact) mass is 300 g/mol. The fraction of sp³-hybridized carbons (Fsp3) is 0.667. The lowest BCUT2D eigenvalue weighted by molar-refractivity contribution is -0.416. The van der Waals surface area contributed by atoms with Crippen molar-refractivity contribution in [2.24, 2.45) is 5.41 Å². The first-order valence-electron chi connectivity index (χ1n) is 3.52. The van der Waals surface area contributed by atoms with E-state index >= 15 is 0 Å². The molecule has 0 spiro atoms. The summed E-state index contributed by atoms with van der Waals surface area (Å²) in [5.41, 5.74) is -7.24. The Labute approximate surface area is 89.9 Å². The molecule has 0 radical (unpaired) electrons. The maximum Gasteiger partial charge on any atom is 0.418 e. The van der Waals surface area contributed by atoms with Crippen molar-refractivity contribution in [1.82, 2.24) is 0 Å².